The Morgan fingerprint density at radius 3 is 1.88 bits per heavy atom. The van der Waals surface area contributed by atoms with Gasteiger partial charge >= 0.3 is 5.92 Å². The Morgan fingerprint density at radius 2 is 1.88 bits per heavy atom. The van der Waals surface area contributed by atoms with E-state index in [-0.39, 0.29) is 0 Å². The molecule has 0 amide bonds. The van der Waals surface area contributed by atoms with Crippen LogP contribution in [0.25, 0.3) is 0 Å². The van der Waals surface area contributed by atoms with Crippen molar-refractivity contribution >= 4 is 15.9 Å². The molecule has 0 aromatic heterocycles. The Hall–Kier alpha value is 0.200. The lowest BCUT2D eigenvalue weighted by Gasteiger charge is -2.09. The number of hydrogen-bond acceptors (Lipinski definition) is 0. The van der Waals surface area contributed by atoms with Gasteiger partial charge in [0.15, 0.2) is 6.67 Å². The summed E-state index contributed by atoms with van der Waals surface area (Å²) in [5, 5.41) is -2.58. The quantitative estimate of drug-likeness (QED) is 0.468. The molecule has 0 radical (unpaired) electrons. The molecule has 5 heteroatoms. The van der Waals surface area contributed by atoms with E-state index in [1.165, 1.54) is 0 Å². The first-order valence-corrected chi connectivity index (χ1v) is 2.64. The van der Waals surface area contributed by atoms with Crippen LogP contribution in [0.2, 0.25) is 0 Å². The van der Waals surface area contributed by atoms with Crippen LogP contribution >= 0.6 is 15.9 Å². The van der Waals surface area contributed by atoms with Gasteiger partial charge < -0.3 is 0 Å². The minimum Gasteiger partial charge on any atom is -0.244 e. The van der Waals surface area contributed by atoms with Crippen molar-refractivity contribution in [3.63, 3.8) is 0 Å². The predicted octanol–water partition coefficient (Wildman–Crippen LogP) is 2.28. The van der Waals surface area contributed by atoms with E-state index >= 15 is 0 Å². The Balaban J connectivity index is 3.71. The zero-order valence-corrected chi connectivity index (χ0v) is 5.26. The van der Waals surface area contributed by atoms with Gasteiger partial charge in [-0.25, -0.2) is 8.78 Å². The zero-order chi connectivity index (χ0) is 6.78. The fraction of sp³-hybridized carbons (Fsp3) is 1.00. The third-order valence-corrected chi connectivity index (χ3v) is 1.17. The van der Waals surface area contributed by atoms with Gasteiger partial charge in [0, 0.05) is 0 Å². The van der Waals surface area contributed by atoms with Crippen molar-refractivity contribution in [2.75, 3.05) is 6.67 Å². The van der Waals surface area contributed by atoms with Crippen molar-refractivity contribution in [2.24, 2.45) is 0 Å². The first-order chi connectivity index (χ1) is 3.50. The number of hydrogen-bond donors (Lipinski definition) is 0. The molecule has 50 valence electrons. The molecule has 0 nitrogen and oxygen atoms in total. The van der Waals surface area contributed by atoms with Crippen LogP contribution in [0.15, 0.2) is 0 Å². The lowest BCUT2D eigenvalue weighted by molar-refractivity contribution is -0.0533. The normalized spacial score (nSPS) is 16.1. The van der Waals surface area contributed by atoms with Crippen LogP contribution in [-0.4, -0.2) is 17.7 Å². The van der Waals surface area contributed by atoms with Crippen molar-refractivity contribution in [3.05, 3.63) is 0 Å². The molecule has 1 atom stereocenters. The number of rotatable bonds is 2. The Bertz CT molecular complexity index is 71.7. The molecule has 0 saturated carbocycles. The molecule has 0 rings (SSSR count). The highest BCUT2D eigenvalue weighted by atomic mass is 79.9. The molecule has 0 heterocycles. The number of halogens is 5. The molecule has 0 aliphatic rings. The monoisotopic (exact) mass is 194 g/mol. The molecule has 0 aromatic rings. The van der Waals surface area contributed by atoms with E-state index in [0.29, 0.717) is 0 Å². The van der Waals surface area contributed by atoms with E-state index in [4.69, 9.17) is 0 Å². The maximum Gasteiger partial charge on any atom is 0.316 e. The smallest absolute Gasteiger partial charge is 0.244 e. The summed E-state index contributed by atoms with van der Waals surface area (Å²) in [7, 11) is 0. The van der Waals surface area contributed by atoms with E-state index in [9.17, 15) is 17.6 Å². The van der Waals surface area contributed by atoms with Gasteiger partial charge in [0.05, 0.1) is 0 Å². The summed E-state index contributed by atoms with van der Waals surface area (Å²) < 4.78 is 45.4. The van der Waals surface area contributed by atoms with E-state index in [0.717, 1.165) is 0 Å². The van der Waals surface area contributed by atoms with Crippen LogP contribution in [-0.2, 0) is 0 Å². The van der Waals surface area contributed by atoms with Crippen molar-refractivity contribution < 1.29 is 17.6 Å². The van der Waals surface area contributed by atoms with Crippen molar-refractivity contribution in [2.45, 2.75) is 11.0 Å². The second-order valence-corrected chi connectivity index (χ2v) is 2.00. The molecule has 0 saturated heterocycles. The Labute approximate surface area is 52.0 Å². The lowest BCUT2D eigenvalue weighted by Crippen LogP contribution is -2.27. The summed E-state index contributed by atoms with van der Waals surface area (Å²) in [5.74, 6) is -3.88. The molecule has 0 fully saturated rings. The minimum atomic E-state index is -3.88. The van der Waals surface area contributed by atoms with Crippen LogP contribution in [0.4, 0.5) is 17.6 Å². The van der Waals surface area contributed by atoms with Crippen LogP contribution in [0.1, 0.15) is 0 Å². The molecule has 0 aromatic carbocycles. The fourth-order valence-electron chi connectivity index (χ4n) is 0.0583. The minimum absolute atomic E-state index is 1.90. The average molecular weight is 195 g/mol. The van der Waals surface area contributed by atoms with Crippen molar-refractivity contribution in [1.29, 1.82) is 0 Å². The van der Waals surface area contributed by atoms with Crippen molar-refractivity contribution in [3.8, 4) is 0 Å². The van der Waals surface area contributed by atoms with Gasteiger partial charge in [0.2, 0.25) is 5.08 Å². The summed E-state index contributed by atoms with van der Waals surface area (Å²) in [6.07, 6.45) is 0. The van der Waals surface area contributed by atoms with E-state index in [1.807, 2.05) is 15.9 Å². The predicted molar refractivity (Wildman–Crippen MR) is 24.7 cm³/mol. The van der Waals surface area contributed by atoms with Gasteiger partial charge in [-0.15, -0.1) is 0 Å². The molecular weight excluding hydrogens is 192 g/mol. The highest BCUT2D eigenvalue weighted by molar-refractivity contribution is 9.09. The highest BCUT2D eigenvalue weighted by Crippen LogP contribution is 2.25. The second-order valence-electron chi connectivity index (χ2n) is 1.20. The second kappa shape index (κ2) is 2.66. The lowest BCUT2D eigenvalue weighted by atomic mass is 10.4. The van der Waals surface area contributed by atoms with Gasteiger partial charge in [0.25, 0.3) is 0 Å². The molecule has 0 spiro atoms. The van der Waals surface area contributed by atoms with Crippen LogP contribution in [0.3, 0.4) is 0 Å². The van der Waals surface area contributed by atoms with Gasteiger partial charge in [0.1, 0.15) is 0 Å². The molecule has 0 aliphatic carbocycles. The Kier molecular flexibility index (Phi) is 2.73. The summed E-state index contributed by atoms with van der Waals surface area (Å²) >= 11 is 1.90. The summed E-state index contributed by atoms with van der Waals surface area (Å²) in [4.78, 5) is 0. The molecular formula is C3H3BrF4. The number of alkyl halides is 5. The van der Waals surface area contributed by atoms with E-state index in [2.05, 4.69) is 0 Å². The third kappa shape index (κ3) is 1.98. The van der Waals surface area contributed by atoms with Gasteiger partial charge in [-0.3, -0.25) is 0 Å². The topological polar surface area (TPSA) is 0 Å². The van der Waals surface area contributed by atoms with E-state index < -0.39 is 17.7 Å². The van der Waals surface area contributed by atoms with Crippen molar-refractivity contribution in [1.82, 2.24) is 0 Å². The fourth-order valence-corrected chi connectivity index (χ4v) is 0.181. The summed E-state index contributed by atoms with van der Waals surface area (Å²) in [6, 6.07) is 0. The molecule has 0 aliphatic heterocycles. The Morgan fingerprint density at radius 1 is 1.50 bits per heavy atom. The molecule has 0 bridgehead atoms. The standard InChI is InChI=1S/C3H3BrF4/c4-2(6)3(7,8)1-5/h2H,1H2. The first kappa shape index (κ1) is 8.20. The van der Waals surface area contributed by atoms with Crippen LogP contribution in [0.5, 0.6) is 0 Å². The summed E-state index contributed by atoms with van der Waals surface area (Å²) in [6.45, 7) is -1.97. The largest absolute Gasteiger partial charge is 0.316 e. The SMILES string of the molecule is FCC(F)(F)C(F)Br. The maximum absolute atomic E-state index is 11.5. The van der Waals surface area contributed by atoms with E-state index in [1.54, 1.807) is 0 Å². The maximum atomic E-state index is 11.5. The first-order valence-electron chi connectivity index (χ1n) is 1.72. The van der Waals surface area contributed by atoms with Crippen LogP contribution < -0.4 is 0 Å². The summed E-state index contributed by atoms with van der Waals surface area (Å²) in [5.41, 5.74) is 0. The van der Waals surface area contributed by atoms with Gasteiger partial charge in [-0.1, -0.05) is 0 Å². The zero-order valence-electron chi connectivity index (χ0n) is 3.67. The van der Waals surface area contributed by atoms with Gasteiger partial charge in [-0.2, -0.15) is 8.78 Å². The third-order valence-electron chi connectivity index (χ3n) is 0.497. The molecule has 0 N–H and O–H groups in total. The van der Waals surface area contributed by atoms with Gasteiger partial charge in [-0.05, 0) is 15.9 Å². The molecule has 1 unspecified atom stereocenters. The average Bonchev–Trinajstić information content (AvgIpc) is 1.67. The highest BCUT2D eigenvalue weighted by Gasteiger charge is 2.38. The molecule has 8 heavy (non-hydrogen) atoms. The van der Waals surface area contributed by atoms with Crippen LogP contribution in [0, 0.1) is 0 Å².